The number of hydrogen-bond acceptors (Lipinski definition) is 14. The van der Waals surface area contributed by atoms with Gasteiger partial charge in [-0.3, -0.25) is 4.79 Å². The Labute approximate surface area is 334 Å². The molecule has 14 heteroatoms. The minimum absolute atomic E-state index is 0.137. The van der Waals surface area contributed by atoms with Crippen LogP contribution in [0.15, 0.2) is 0 Å². The van der Waals surface area contributed by atoms with Crippen molar-refractivity contribution >= 4 is 5.97 Å². The summed E-state index contributed by atoms with van der Waals surface area (Å²) in [6.45, 7) is 19.4. The molecule has 0 aliphatic rings. The summed E-state index contributed by atoms with van der Waals surface area (Å²) in [5.74, 6) is 0.457. The summed E-state index contributed by atoms with van der Waals surface area (Å²) in [7, 11) is 0. The zero-order valence-electron chi connectivity index (χ0n) is 35.2. The highest BCUT2D eigenvalue weighted by Crippen LogP contribution is 2.10. The fourth-order valence-electron chi connectivity index (χ4n) is 4.69. The molecule has 0 aromatic heterocycles. The zero-order chi connectivity index (χ0) is 39.8. The molecule has 0 amide bonds. The van der Waals surface area contributed by atoms with Crippen LogP contribution < -0.4 is 0 Å². The molecule has 0 fully saturated rings. The van der Waals surface area contributed by atoms with E-state index in [9.17, 15) is 4.79 Å². The van der Waals surface area contributed by atoms with Crippen LogP contribution in [0, 0.1) is 5.92 Å². The van der Waals surface area contributed by atoms with Gasteiger partial charge >= 0.3 is 5.97 Å². The first-order valence-corrected chi connectivity index (χ1v) is 21.3. The van der Waals surface area contributed by atoms with E-state index in [4.69, 9.17) is 61.6 Å². The molecule has 330 valence electrons. The van der Waals surface area contributed by atoms with Crippen molar-refractivity contribution in [2.45, 2.75) is 91.4 Å². The van der Waals surface area contributed by atoms with Crippen LogP contribution in [-0.4, -0.2) is 171 Å². The van der Waals surface area contributed by atoms with Gasteiger partial charge in [0.05, 0.1) is 152 Å². The molecule has 0 aliphatic carbocycles. The van der Waals surface area contributed by atoms with Gasteiger partial charge in [-0.2, -0.15) is 0 Å². The van der Waals surface area contributed by atoms with Gasteiger partial charge in [-0.1, -0.05) is 78.6 Å². The molecule has 0 aromatic rings. The Balaban J connectivity index is 3.11. The Morgan fingerprint density at radius 2 is 0.600 bits per heavy atom. The molecule has 0 aromatic carbocycles. The molecule has 14 nitrogen and oxygen atoms in total. The van der Waals surface area contributed by atoms with Crippen LogP contribution in [0.1, 0.15) is 91.4 Å². The second kappa shape index (κ2) is 49.1. The molecule has 55 heavy (non-hydrogen) atoms. The maximum Gasteiger partial charge on any atom is 0.305 e. The Kier molecular flexibility index (Phi) is 48.2. The first-order chi connectivity index (χ1) is 27.2. The maximum atomic E-state index is 11.8. The Bertz CT molecular complexity index is 721. The summed E-state index contributed by atoms with van der Waals surface area (Å²) in [6.07, 6.45) is 12.7. The van der Waals surface area contributed by atoms with Gasteiger partial charge in [0.25, 0.3) is 0 Å². The molecule has 0 spiro atoms. The lowest BCUT2D eigenvalue weighted by molar-refractivity contribution is -0.145. The van der Waals surface area contributed by atoms with Crippen LogP contribution in [-0.2, 0) is 66.4 Å². The van der Waals surface area contributed by atoms with Gasteiger partial charge in [0.1, 0.15) is 6.61 Å². The summed E-state index contributed by atoms with van der Waals surface area (Å²) in [6, 6.07) is 0. The first-order valence-electron chi connectivity index (χ1n) is 21.3. The number of carbonyl (C=O) groups is 1. The molecule has 0 N–H and O–H groups in total. The van der Waals surface area contributed by atoms with Crippen molar-refractivity contribution in [3.8, 4) is 0 Å². The summed E-state index contributed by atoms with van der Waals surface area (Å²) in [5, 5.41) is 0. The van der Waals surface area contributed by atoms with Crippen LogP contribution in [0.2, 0.25) is 0 Å². The van der Waals surface area contributed by atoms with Crippen LogP contribution >= 0.6 is 0 Å². The average molecular weight is 799 g/mol. The van der Waals surface area contributed by atoms with Gasteiger partial charge < -0.3 is 61.6 Å². The second-order valence-electron chi connectivity index (χ2n) is 13.1. The molecule has 1 atom stereocenters. The van der Waals surface area contributed by atoms with Gasteiger partial charge in [0, 0.05) is 13.0 Å². The normalized spacial score (nSPS) is 12.1. The first kappa shape index (κ1) is 54.0. The van der Waals surface area contributed by atoms with Crippen molar-refractivity contribution in [1.82, 2.24) is 0 Å². The molecule has 0 rings (SSSR count). The van der Waals surface area contributed by atoms with E-state index < -0.39 is 0 Å². The minimum atomic E-state index is -0.137. The van der Waals surface area contributed by atoms with E-state index in [1.54, 1.807) is 0 Å². The topological polar surface area (TPSA) is 137 Å². The quantitative estimate of drug-likeness (QED) is 0.0550. The fourth-order valence-corrected chi connectivity index (χ4v) is 4.69. The molecule has 0 aliphatic heterocycles. The monoisotopic (exact) mass is 799 g/mol. The van der Waals surface area contributed by atoms with Crippen LogP contribution in [0.25, 0.3) is 0 Å². The Hall–Kier alpha value is -1.01. The highest BCUT2D eigenvalue weighted by Gasteiger charge is 2.03. The molecule has 1 unspecified atom stereocenters. The summed E-state index contributed by atoms with van der Waals surface area (Å²) in [4.78, 5) is 11.8. The van der Waals surface area contributed by atoms with E-state index in [1.807, 2.05) is 0 Å². The lowest BCUT2D eigenvalue weighted by Gasteiger charge is -2.10. The third kappa shape index (κ3) is 49.1. The molecule has 0 bridgehead atoms. The molecule has 0 radical (unpaired) electrons. The van der Waals surface area contributed by atoms with E-state index in [-0.39, 0.29) is 12.6 Å². The number of carbonyl (C=O) groups excluding carboxylic acids is 1. The fraction of sp³-hybridized carbons (Fsp3) is 0.976. The Morgan fingerprint density at radius 3 is 0.891 bits per heavy atom. The van der Waals surface area contributed by atoms with Crippen LogP contribution in [0.5, 0.6) is 0 Å². The molecule has 0 saturated heterocycles. The smallest absolute Gasteiger partial charge is 0.305 e. The molecule has 0 saturated carbocycles. The largest absolute Gasteiger partial charge is 0.463 e. The predicted octanol–water partition coefficient (Wildman–Crippen LogP) is 5.70. The van der Waals surface area contributed by atoms with Gasteiger partial charge in [0.2, 0.25) is 0 Å². The summed E-state index contributed by atoms with van der Waals surface area (Å²) < 4.78 is 71.1. The number of ether oxygens (including phenoxy) is 13. The average Bonchev–Trinajstić information content (AvgIpc) is 3.19. The SMILES string of the molecule is CCCCCCCCCCCC(=O)OCCOCCOCCOCCOCCOCCOCCOCCOCCOCCOCCOCCOCC(C)CC. The second-order valence-corrected chi connectivity index (χ2v) is 13.1. The lowest BCUT2D eigenvalue weighted by Crippen LogP contribution is -2.16. The Morgan fingerprint density at radius 1 is 0.345 bits per heavy atom. The number of unbranched alkanes of at least 4 members (excludes halogenated alkanes) is 8. The summed E-state index contributed by atoms with van der Waals surface area (Å²) in [5.41, 5.74) is 0. The van der Waals surface area contributed by atoms with Crippen molar-refractivity contribution in [1.29, 1.82) is 0 Å². The van der Waals surface area contributed by atoms with Crippen molar-refractivity contribution in [3.63, 3.8) is 0 Å². The predicted molar refractivity (Wildman–Crippen MR) is 212 cm³/mol. The van der Waals surface area contributed by atoms with E-state index in [2.05, 4.69) is 20.8 Å². The van der Waals surface area contributed by atoms with Crippen LogP contribution in [0.3, 0.4) is 0 Å². The lowest BCUT2D eigenvalue weighted by atomic mass is 10.1. The molecular formula is C41H82O14. The van der Waals surface area contributed by atoms with E-state index >= 15 is 0 Å². The van der Waals surface area contributed by atoms with Crippen molar-refractivity contribution in [3.05, 3.63) is 0 Å². The highest BCUT2D eigenvalue weighted by atomic mass is 16.6. The standard InChI is InChI=1S/C41H82O14/c1-4-6-7-8-9-10-11-12-13-14-41(42)55-38-37-53-34-33-51-30-29-49-26-25-47-22-21-45-18-17-43-15-16-44-19-20-46-23-24-48-27-28-50-31-32-52-35-36-54-39-40(3)5-2/h40H,4-39H2,1-3H3. The third-order valence-electron chi connectivity index (χ3n) is 8.17. The number of rotatable bonds is 49. The number of hydrogen-bond donors (Lipinski definition) is 0. The van der Waals surface area contributed by atoms with Gasteiger partial charge in [0.15, 0.2) is 0 Å². The maximum absolute atomic E-state index is 11.8. The van der Waals surface area contributed by atoms with E-state index in [0.29, 0.717) is 164 Å². The van der Waals surface area contributed by atoms with E-state index in [1.165, 1.54) is 44.9 Å². The number of esters is 1. The van der Waals surface area contributed by atoms with E-state index in [0.717, 1.165) is 25.9 Å². The van der Waals surface area contributed by atoms with Gasteiger partial charge in [-0.15, -0.1) is 0 Å². The van der Waals surface area contributed by atoms with Crippen molar-refractivity contribution < 1.29 is 66.4 Å². The summed E-state index contributed by atoms with van der Waals surface area (Å²) >= 11 is 0. The molecule has 0 heterocycles. The zero-order valence-corrected chi connectivity index (χ0v) is 35.2. The minimum Gasteiger partial charge on any atom is -0.463 e. The van der Waals surface area contributed by atoms with Crippen LogP contribution in [0.4, 0.5) is 0 Å². The van der Waals surface area contributed by atoms with Gasteiger partial charge in [-0.05, 0) is 12.3 Å². The van der Waals surface area contributed by atoms with Crippen molar-refractivity contribution in [2.24, 2.45) is 5.92 Å². The van der Waals surface area contributed by atoms with Gasteiger partial charge in [-0.25, -0.2) is 0 Å². The third-order valence-corrected chi connectivity index (χ3v) is 8.17. The molecular weight excluding hydrogens is 716 g/mol. The highest BCUT2D eigenvalue weighted by molar-refractivity contribution is 5.69. The van der Waals surface area contributed by atoms with Crippen molar-refractivity contribution in [2.75, 3.05) is 165 Å².